The Labute approximate surface area is 197 Å². The summed E-state index contributed by atoms with van der Waals surface area (Å²) in [5.41, 5.74) is 3.95. The van der Waals surface area contributed by atoms with E-state index in [4.69, 9.17) is 0 Å². The van der Waals surface area contributed by atoms with Gasteiger partial charge in [-0.25, -0.2) is 4.98 Å². The van der Waals surface area contributed by atoms with Crippen LogP contribution in [0.5, 0.6) is 0 Å². The summed E-state index contributed by atoms with van der Waals surface area (Å²) in [6.07, 6.45) is 8.18. The Morgan fingerprint density at radius 3 is 2.91 bits per heavy atom. The van der Waals surface area contributed by atoms with E-state index in [1.807, 2.05) is 47.2 Å². The minimum Gasteiger partial charge on any atom is -0.325 e. The number of imidazole rings is 1. The van der Waals surface area contributed by atoms with Gasteiger partial charge in [-0.15, -0.1) is 10.2 Å². The number of aryl methyl sites for hydroxylation is 2. The average molecular weight is 459 g/mol. The fourth-order valence-electron chi connectivity index (χ4n) is 4.18. The molecule has 2 aromatic carbocycles. The zero-order chi connectivity index (χ0) is 22.6. The maximum Gasteiger partial charge on any atom is 0.234 e. The highest BCUT2D eigenvalue weighted by atomic mass is 32.2. The molecule has 1 aliphatic rings. The minimum atomic E-state index is -0.0726. The molecule has 1 N–H and O–H groups in total. The van der Waals surface area contributed by atoms with Crippen LogP contribution in [0.15, 0.2) is 66.1 Å². The summed E-state index contributed by atoms with van der Waals surface area (Å²) in [5, 5.41) is 12.6. The molecule has 0 saturated carbocycles. The second kappa shape index (κ2) is 9.62. The van der Waals surface area contributed by atoms with Crippen molar-refractivity contribution >= 4 is 23.4 Å². The van der Waals surface area contributed by atoms with Crippen molar-refractivity contribution in [3.8, 4) is 17.1 Å². The Bertz CT molecular complexity index is 1280. The summed E-state index contributed by atoms with van der Waals surface area (Å²) in [5.74, 6) is 2.12. The van der Waals surface area contributed by atoms with Gasteiger partial charge >= 0.3 is 0 Å². The van der Waals surface area contributed by atoms with Crippen LogP contribution in [0.25, 0.3) is 17.1 Å². The second-order valence-electron chi connectivity index (χ2n) is 8.19. The van der Waals surface area contributed by atoms with Crippen LogP contribution in [0, 0.1) is 6.92 Å². The molecule has 0 unspecified atom stereocenters. The van der Waals surface area contributed by atoms with E-state index in [-0.39, 0.29) is 11.7 Å². The summed E-state index contributed by atoms with van der Waals surface area (Å²) in [6, 6.07) is 16.0. The zero-order valence-corrected chi connectivity index (χ0v) is 19.4. The number of carbonyl (C=O) groups is 1. The molecule has 1 amide bonds. The van der Waals surface area contributed by atoms with Crippen LogP contribution in [0.3, 0.4) is 0 Å². The Morgan fingerprint density at radius 1 is 1.09 bits per heavy atom. The number of amides is 1. The quantitative estimate of drug-likeness (QED) is 0.416. The van der Waals surface area contributed by atoms with Gasteiger partial charge in [0.15, 0.2) is 11.0 Å². The van der Waals surface area contributed by atoms with Gasteiger partial charge in [-0.2, -0.15) is 0 Å². The van der Waals surface area contributed by atoms with E-state index in [1.54, 1.807) is 6.20 Å². The summed E-state index contributed by atoms with van der Waals surface area (Å²) < 4.78 is 4.24. The number of rotatable bonds is 6. The molecule has 0 saturated heterocycles. The lowest BCUT2D eigenvalue weighted by Gasteiger charge is -2.11. The van der Waals surface area contributed by atoms with E-state index in [0.29, 0.717) is 0 Å². The summed E-state index contributed by atoms with van der Waals surface area (Å²) >= 11 is 1.42. The molecular formula is C25H26N6OS. The van der Waals surface area contributed by atoms with Gasteiger partial charge in [0.2, 0.25) is 5.91 Å². The van der Waals surface area contributed by atoms with Gasteiger partial charge in [-0.05, 0) is 43.5 Å². The third kappa shape index (κ3) is 4.71. The number of para-hydroxylation sites is 1. The summed E-state index contributed by atoms with van der Waals surface area (Å²) in [4.78, 5) is 17.1. The van der Waals surface area contributed by atoms with Crippen molar-refractivity contribution in [2.75, 3.05) is 11.1 Å². The van der Waals surface area contributed by atoms with E-state index in [2.05, 4.69) is 44.1 Å². The molecule has 0 spiro atoms. The number of aromatic nitrogens is 5. The van der Waals surface area contributed by atoms with Crippen LogP contribution < -0.4 is 5.32 Å². The molecule has 5 rings (SSSR count). The second-order valence-corrected chi connectivity index (χ2v) is 9.13. The van der Waals surface area contributed by atoms with Crippen molar-refractivity contribution < 1.29 is 4.79 Å². The van der Waals surface area contributed by atoms with Crippen molar-refractivity contribution in [2.45, 2.75) is 44.3 Å². The first-order valence-corrected chi connectivity index (χ1v) is 12.2. The molecule has 0 bridgehead atoms. The van der Waals surface area contributed by atoms with E-state index >= 15 is 0 Å². The molecule has 0 atom stereocenters. The predicted octanol–water partition coefficient (Wildman–Crippen LogP) is 4.90. The lowest BCUT2D eigenvalue weighted by atomic mass is 10.2. The van der Waals surface area contributed by atoms with Gasteiger partial charge in [0, 0.05) is 36.6 Å². The third-order valence-electron chi connectivity index (χ3n) is 5.83. The number of hydrogen-bond donors (Lipinski definition) is 1. The first kappa shape index (κ1) is 21.5. The van der Waals surface area contributed by atoms with Crippen LogP contribution >= 0.6 is 11.8 Å². The highest BCUT2D eigenvalue weighted by Gasteiger charge is 2.17. The molecule has 2 aromatic heterocycles. The summed E-state index contributed by atoms with van der Waals surface area (Å²) in [6.45, 7) is 3.01. The zero-order valence-electron chi connectivity index (χ0n) is 18.6. The number of anilines is 1. The van der Waals surface area contributed by atoms with Crippen molar-refractivity contribution in [1.29, 1.82) is 0 Å². The lowest BCUT2D eigenvalue weighted by Crippen LogP contribution is -2.14. The lowest BCUT2D eigenvalue weighted by molar-refractivity contribution is -0.113. The molecular weight excluding hydrogens is 432 g/mol. The average Bonchev–Trinajstić information content (AvgIpc) is 3.39. The van der Waals surface area contributed by atoms with Crippen LogP contribution in [0.4, 0.5) is 5.69 Å². The predicted molar refractivity (Wildman–Crippen MR) is 131 cm³/mol. The monoisotopic (exact) mass is 458 g/mol. The van der Waals surface area contributed by atoms with Gasteiger partial charge in [0.05, 0.1) is 11.4 Å². The van der Waals surface area contributed by atoms with Crippen molar-refractivity contribution in [3.63, 3.8) is 0 Å². The van der Waals surface area contributed by atoms with E-state index in [0.717, 1.165) is 65.1 Å². The standard InChI is InChI=1S/C25H26N6OS/c1-18-8-4-5-11-21(18)30-15-13-26-25(30)33-17-23(32)27-20-10-7-9-19(16-20)24-29-28-22-12-3-2-6-14-31(22)24/h4-5,7-11,13,15-16H,2-3,6,12,14,17H2,1H3,(H,27,32). The van der Waals surface area contributed by atoms with Crippen molar-refractivity contribution in [3.05, 3.63) is 72.3 Å². The van der Waals surface area contributed by atoms with E-state index < -0.39 is 0 Å². The number of hydrogen-bond acceptors (Lipinski definition) is 5. The smallest absolute Gasteiger partial charge is 0.234 e. The molecule has 4 aromatic rings. The summed E-state index contributed by atoms with van der Waals surface area (Å²) in [7, 11) is 0. The third-order valence-corrected chi connectivity index (χ3v) is 6.80. The molecule has 7 nitrogen and oxygen atoms in total. The molecule has 0 aliphatic carbocycles. The van der Waals surface area contributed by atoms with Gasteiger partial charge in [0.1, 0.15) is 5.82 Å². The highest BCUT2D eigenvalue weighted by molar-refractivity contribution is 7.99. The van der Waals surface area contributed by atoms with Crippen LogP contribution in [-0.2, 0) is 17.8 Å². The Kier molecular flexibility index (Phi) is 6.26. The fourth-order valence-corrected chi connectivity index (χ4v) is 4.94. The normalized spacial score (nSPS) is 13.4. The maximum atomic E-state index is 12.7. The number of fused-ring (bicyclic) bond motifs is 1. The number of benzene rings is 2. The van der Waals surface area contributed by atoms with Crippen LogP contribution in [0.2, 0.25) is 0 Å². The molecule has 8 heteroatoms. The van der Waals surface area contributed by atoms with Crippen molar-refractivity contribution in [2.24, 2.45) is 0 Å². The number of thioether (sulfide) groups is 1. The Balaban J connectivity index is 1.26. The number of carbonyl (C=O) groups excluding carboxylic acids is 1. The molecule has 168 valence electrons. The first-order valence-electron chi connectivity index (χ1n) is 11.2. The molecule has 0 radical (unpaired) electrons. The molecule has 0 fully saturated rings. The van der Waals surface area contributed by atoms with Gasteiger partial charge in [0.25, 0.3) is 0 Å². The topological polar surface area (TPSA) is 77.6 Å². The Hall–Kier alpha value is -3.39. The van der Waals surface area contributed by atoms with Crippen LogP contribution in [-0.4, -0.2) is 36.0 Å². The minimum absolute atomic E-state index is 0.0726. The maximum absolute atomic E-state index is 12.7. The fraction of sp³-hybridized carbons (Fsp3) is 0.280. The highest BCUT2D eigenvalue weighted by Crippen LogP contribution is 2.26. The van der Waals surface area contributed by atoms with Crippen LogP contribution in [0.1, 0.15) is 30.7 Å². The van der Waals surface area contributed by atoms with Gasteiger partial charge in [-0.1, -0.05) is 48.5 Å². The molecule has 3 heterocycles. The number of nitrogens with one attached hydrogen (secondary N) is 1. The van der Waals surface area contributed by atoms with Crippen molar-refractivity contribution in [1.82, 2.24) is 24.3 Å². The first-order chi connectivity index (χ1) is 16.2. The van der Waals surface area contributed by atoms with E-state index in [9.17, 15) is 4.79 Å². The van der Waals surface area contributed by atoms with Gasteiger partial charge < -0.3 is 9.88 Å². The Morgan fingerprint density at radius 2 is 2.00 bits per heavy atom. The molecule has 1 aliphatic heterocycles. The molecule has 33 heavy (non-hydrogen) atoms. The SMILES string of the molecule is Cc1ccccc1-n1ccnc1SCC(=O)Nc1cccc(-c2nnc3n2CCCCC3)c1. The number of nitrogens with zero attached hydrogens (tertiary/aromatic N) is 5. The van der Waals surface area contributed by atoms with Gasteiger partial charge in [-0.3, -0.25) is 9.36 Å². The van der Waals surface area contributed by atoms with E-state index in [1.165, 1.54) is 18.2 Å². The largest absolute Gasteiger partial charge is 0.325 e.